The molecule has 0 aromatic heterocycles. The average molecular weight is 521 g/mol. The maximum absolute atomic E-state index is 2.71. The molecule has 2 heteroatoms. The number of hydrogen-bond donors (Lipinski definition) is 0. The molecular weight excluding hydrogens is 482 g/mol. The molecule has 0 saturated heterocycles. The molecule has 4 atom stereocenters. The molecule has 2 aliphatic carbocycles. The molecule has 6 rings (SSSR count). The van der Waals surface area contributed by atoms with E-state index in [1.54, 1.807) is 0 Å². The molecule has 0 heterocycles. The van der Waals surface area contributed by atoms with Crippen LogP contribution in [0.1, 0.15) is 33.1 Å². The molecule has 0 nitrogen and oxygen atoms in total. The van der Waals surface area contributed by atoms with Crippen molar-refractivity contribution >= 4 is 37.1 Å². The molecule has 2 fully saturated rings. The second-order valence-electron chi connectivity index (χ2n) is 11.5. The summed E-state index contributed by atoms with van der Waals surface area (Å²) < 4.78 is 0. The highest BCUT2D eigenvalue weighted by atomic mass is 31.1. The summed E-state index contributed by atoms with van der Waals surface area (Å²) in [5, 5.41) is 6.15. The van der Waals surface area contributed by atoms with Gasteiger partial charge in [-0.25, -0.2) is 0 Å². The zero-order valence-corrected chi connectivity index (χ0v) is 23.9. The summed E-state index contributed by atoms with van der Waals surface area (Å²) in [6, 6.07) is 45.7. The van der Waals surface area contributed by atoms with Crippen LogP contribution in [0, 0.1) is 22.7 Å². The normalized spacial score (nSPS) is 26.7. The van der Waals surface area contributed by atoms with Crippen LogP contribution < -0.4 is 21.2 Å². The predicted molar refractivity (Wildman–Crippen MR) is 165 cm³/mol. The molecule has 4 aromatic rings. The first kappa shape index (κ1) is 25.0. The zero-order chi connectivity index (χ0) is 25.3. The van der Waals surface area contributed by atoms with E-state index in [1.165, 1.54) is 52.8 Å². The van der Waals surface area contributed by atoms with Gasteiger partial charge in [-0.1, -0.05) is 135 Å². The maximum atomic E-state index is 2.71. The molecule has 0 radical (unpaired) electrons. The van der Waals surface area contributed by atoms with Crippen molar-refractivity contribution in [2.45, 2.75) is 33.1 Å². The van der Waals surface area contributed by atoms with Gasteiger partial charge in [0.1, 0.15) is 0 Å². The van der Waals surface area contributed by atoms with Crippen molar-refractivity contribution in [3.05, 3.63) is 121 Å². The van der Waals surface area contributed by atoms with E-state index < -0.39 is 15.8 Å². The summed E-state index contributed by atoms with van der Waals surface area (Å²) in [6.07, 6.45) is 6.81. The number of rotatable bonds is 8. The van der Waals surface area contributed by atoms with Crippen LogP contribution in [0.5, 0.6) is 0 Å². The summed E-state index contributed by atoms with van der Waals surface area (Å²) in [6.45, 7) is 5.30. The van der Waals surface area contributed by atoms with E-state index in [0.717, 1.165) is 11.8 Å². The highest BCUT2D eigenvalue weighted by Gasteiger charge is 2.65. The molecule has 37 heavy (non-hydrogen) atoms. The van der Waals surface area contributed by atoms with Gasteiger partial charge >= 0.3 is 0 Å². The molecule has 2 bridgehead atoms. The summed E-state index contributed by atoms with van der Waals surface area (Å²) >= 11 is 0. The second kappa shape index (κ2) is 10.5. The van der Waals surface area contributed by atoms with Crippen molar-refractivity contribution in [2.75, 3.05) is 12.3 Å². The Morgan fingerprint density at radius 1 is 0.595 bits per heavy atom. The molecule has 0 aliphatic heterocycles. The minimum absolute atomic E-state index is 0.355. The monoisotopic (exact) mass is 520 g/mol. The van der Waals surface area contributed by atoms with Gasteiger partial charge in [0.2, 0.25) is 0 Å². The summed E-state index contributed by atoms with van der Waals surface area (Å²) in [7, 11) is -0.802. The van der Waals surface area contributed by atoms with Gasteiger partial charge in [0.25, 0.3) is 0 Å². The molecule has 0 N–H and O–H groups in total. The van der Waals surface area contributed by atoms with Gasteiger partial charge in [0.15, 0.2) is 0 Å². The fraction of sp³-hybridized carbons (Fsp3) is 0.314. The van der Waals surface area contributed by atoms with Crippen molar-refractivity contribution in [2.24, 2.45) is 22.7 Å². The van der Waals surface area contributed by atoms with E-state index in [1.807, 2.05) is 0 Å². The van der Waals surface area contributed by atoms with Crippen molar-refractivity contribution in [1.29, 1.82) is 0 Å². The van der Waals surface area contributed by atoms with E-state index in [-0.39, 0.29) is 0 Å². The highest BCUT2D eigenvalue weighted by Crippen LogP contribution is 2.73. The topological polar surface area (TPSA) is 0 Å². The van der Waals surface area contributed by atoms with Gasteiger partial charge in [-0.15, -0.1) is 0 Å². The van der Waals surface area contributed by atoms with E-state index in [2.05, 4.69) is 135 Å². The van der Waals surface area contributed by atoms with Gasteiger partial charge in [0, 0.05) is 0 Å². The minimum atomic E-state index is -0.401. The Morgan fingerprint density at radius 3 is 1.35 bits per heavy atom. The first-order valence-corrected chi connectivity index (χ1v) is 16.9. The van der Waals surface area contributed by atoms with Crippen molar-refractivity contribution in [3.8, 4) is 0 Å². The smallest absolute Gasteiger partial charge is 0.0166 e. The molecule has 0 unspecified atom stereocenters. The Balaban J connectivity index is 1.42. The summed E-state index contributed by atoms with van der Waals surface area (Å²) in [5.74, 6) is 1.61. The fourth-order valence-electron chi connectivity index (χ4n) is 7.69. The van der Waals surface area contributed by atoms with Crippen LogP contribution in [0.15, 0.2) is 121 Å². The Bertz CT molecular complexity index is 1210. The lowest BCUT2D eigenvalue weighted by molar-refractivity contribution is 0.121. The van der Waals surface area contributed by atoms with Crippen LogP contribution in [0.25, 0.3) is 0 Å². The first-order valence-electron chi connectivity index (χ1n) is 13.9. The van der Waals surface area contributed by atoms with Crippen LogP contribution in [-0.2, 0) is 0 Å². The zero-order valence-electron chi connectivity index (χ0n) is 22.1. The summed E-state index contributed by atoms with van der Waals surface area (Å²) in [4.78, 5) is 0. The molecule has 2 aliphatic rings. The number of fused-ring (bicyclic) bond motifs is 2. The Kier molecular flexibility index (Phi) is 7.09. The quantitative estimate of drug-likeness (QED) is 0.209. The fourth-order valence-corrected chi connectivity index (χ4v) is 13.8. The number of benzene rings is 4. The molecule has 0 spiro atoms. The molecular formula is C35H38P2. The van der Waals surface area contributed by atoms with Crippen LogP contribution in [0.4, 0.5) is 0 Å². The average Bonchev–Trinajstić information content (AvgIpc) is 3.34. The lowest BCUT2D eigenvalue weighted by atomic mass is 9.67. The van der Waals surface area contributed by atoms with Crippen LogP contribution in [-0.4, -0.2) is 12.3 Å². The maximum Gasteiger partial charge on any atom is -0.0166 e. The van der Waals surface area contributed by atoms with Gasteiger partial charge < -0.3 is 0 Å². The van der Waals surface area contributed by atoms with Crippen LogP contribution in [0.3, 0.4) is 0 Å². The Hall–Kier alpha value is -2.26. The third-order valence-electron chi connectivity index (χ3n) is 9.76. The lowest BCUT2D eigenvalue weighted by Gasteiger charge is -2.47. The van der Waals surface area contributed by atoms with E-state index in [4.69, 9.17) is 0 Å². The van der Waals surface area contributed by atoms with Crippen LogP contribution in [0.2, 0.25) is 0 Å². The molecule has 4 aromatic carbocycles. The third-order valence-corrected chi connectivity index (χ3v) is 15.3. The largest absolute Gasteiger partial charge is 0.0622 e. The standard InChI is InChI=1S/C35H38P2/c1-28-25-29-23-24-35(28,27-37(32-19-11-5-12-20-32)33-21-13-6-14-22-33)34(29,2)26-36(30-15-7-3-8-16-30)31-17-9-4-10-18-31/h3-22,28-29H,23-27H2,1-2H3/t28-,29+,34-,35-/m0/s1. The van der Waals surface area contributed by atoms with Crippen LogP contribution >= 0.6 is 15.8 Å². The third kappa shape index (κ3) is 4.52. The van der Waals surface area contributed by atoms with E-state index >= 15 is 0 Å². The molecule has 2 saturated carbocycles. The Labute approximate surface area is 226 Å². The van der Waals surface area contributed by atoms with Gasteiger partial charge in [-0.2, -0.15) is 0 Å². The summed E-state index contributed by atoms with van der Waals surface area (Å²) in [5.41, 5.74) is 0.743. The van der Waals surface area contributed by atoms with Crippen molar-refractivity contribution in [3.63, 3.8) is 0 Å². The highest BCUT2D eigenvalue weighted by molar-refractivity contribution is 7.73. The van der Waals surface area contributed by atoms with Crippen molar-refractivity contribution < 1.29 is 0 Å². The minimum Gasteiger partial charge on any atom is -0.0622 e. The second-order valence-corrected chi connectivity index (χ2v) is 15.9. The van der Waals surface area contributed by atoms with Crippen molar-refractivity contribution in [1.82, 2.24) is 0 Å². The lowest BCUT2D eigenvalue weighted by Crippen LogP contribution is -2.44. The van der Waals surface area contributed by atoms with Gasteiger partial charge in [-0.05, 0) is 91.3 Å². The van der Waals surface area contributed by atoms with E-state index in [0.29, 0.717) is 10.8 Å². The number of hydrogen-bond acceptors (Lipinski definition) is 0. The molecule has 0 amide bonds. The first-order chi connectivity index (χ1) is 18.1. The predicted octanol–water partition coefficient (Wildman–Crippen LogP) is 7.69. The SMILES string of the molecule is C[C@H]1C[C@H]2CC[C@@]1(CP(c1ccccc1)c1ccccc1)[C@@]2(C)CP(c1ccccc1)c1ccccc1. The van der Waals surface area contributed by atoms with E-state index in [9.17, 15) is 0 Å². The van der Waals surface area contributed by atoms with Gasteiger partial charge in [0.05, 0.1) is 0 Å². The molecule has 188 valence electrons. The van der Waals surface area contributed by atoms with Gasteiger partial charge in [-0.3, -0.25) is 0 Å². The Morgan fingerprint density at radius 2 is 0.973 bits per heavy atom.